The zero-order valence-electron chi connectivity index (χ0n) is 15.7. The van der Waals surface area contributed by atoms with Gasteiger partial charge in [0.1, 0.15) is 12.3 Å². The molecule has 0 saturated heterocycles. The predicted octanol–water partition coefficient (Wildman–Crippen LogP) is 1.18. The normalized spacial score (nSPS) is 12.5. The molecule has 28 heavy (non-hydrogen) atoms. The van der Waals surface area contributed by atoms with Crippen molar-refractivity contribution in [3.63, 3.8) is 0 Å². The summed E-state index contributed by atoms with van der Waals surface area (Å²) in [7, 11) is 1.61. The highest BCUT2D eigenvalue weighted by molar-refractivity contribution is 5.84. The number of rotatable bonds is 6. The number of carbonyl (C=O) groups is 1. The first kappa shape index (κ1) is 19.2. The minimum atomic E-state index is -1.13. The lowest BCUT2D eigenvalue weighted by atomic mass is 10.1. The van der Waals surface area contributed by atoms with Crippen LogP contribution in [-0.4, -0.2) is 33.0 Å². The number of aromatic nitrogens is 3. The molecule has 0 aliphatic carbocycles. The summed E-state index contributed by atoms with van der Waals surface area (Å²) in [4.78, 5) is 27.0. The number of methoxy groups -OCH3 is 1. The number of ether oxygens (including phenoxy) is 1. The van der Waals surface area contributed by atoms with Gasteiger partial charge in [-0.3, -0.25) is 9.59 Å². The van der Waals surface area contributed by atoms with Crippen LogP contribution in [0, 0.1) is 0 Å². The molecule has 0 aliphatic heterocycles. The minimum absolute atomic E-state index is 0.376. The van der Waals surface area contributed by atoms with Crippen molar-refractivity contribution in [3.05, 3.63) is 69.1 Å². The highest BCUT2D eigenvalue weighted by atomic mass is 16.5. The zero-order valence-corrected chi connectivity index (χ0v) is 15.7. The van der Waals surface area contributed by atoms with Crippen LogP contribution in [0.2, 0.25) is 0 Å². The Bertz CT molecular complexity index is 1230. The van der Waals surface area contributed by atoms with Crippen molar-refractivity contribution in [2.75, 3.05) is 7.11 Å². The Morgan fingerprint density at radius 2 is 2.18 bits per heavy atom. The van der Waals surface area contributed by atoms with E-state index in [1.54, 1.807) is 19.3 Å². The van der Waals surface area contributed by atoms with Crippen LogP contribution in [0.3, 0.4) is 0 Å². The molecule has 2 heterocycles. The molecular formula is C21H21N3O4. The first-order valence-electron chi connectivity index (χ1n) is 8.73. The van der Waals surface area contributed by atoms with E-state index in [0.717, 1.165) is 26.9 Å². The van der Waals surface area contributed by atoms with Gasteiger partial charge in [-0.15, -0.1) is 0 Å². The molecule has 7 nitrogen and oxygen atoms in total. The molecule has 3 aromatic rings. The van der Waals surface area contributed by atoms with E-state index in [1.807, 2.05) is 31.3 Å². The second-order valence-electron chi connectivity index (χ2n) is 6.22. The fourth-order valence-electron chi connectivity index (χ4n) is 3.23. The van der Waals surface area contributed by atoms with Gasteiger partial charge in [-0.1, -0.05) is 18.7 Å². The molecule has 1 aromatic carbocycles. The van der Waals surface area contributed by atoms with Crippen molar-refractivity contribution in [2.45, 2.75) is 19.9 Å². The summed E-state index contributed by atoms with van der Waals surface area (Å²) in [5.74, 6) is -0.393. The van der Waals surface area contributed by atoms with Crippen molar-refractivity contribution in [2.24, 2.45) is 0 Å². The van der Waals surface area contributed by atoms with Gasteiger partial charge < -0.3 is 14.8 Å². The molecule has 0 bridgehead atoms. The Kier molecular flexibility index (Phi) is 5.44. The molecule has 0 amide bonds. The first-order valence-corrected chi connectivity index (χ1v) is 8.73. The van der Waals surface area contributed by atoms with Gasteiger partial charge in [-0.2, -0.15) is 5.10 Å². The second kappa shape index (κ2) is 7.96. The molecule has 3 rings (SSSR count). The van der Waals surface area contributed by atoms with Crippen LogP contribution in [0.1, 0.15) is 18.2 Å². The molecule has 0 spiro atoms. The number of benzene rings is 1. The predicted molar refractivity (Wildman–Crippen MR) is 108 cm³/mol. The van der Waals surface area contributed by atoms with Crippen LogP contribution < -0.4 is 20.7 Å². The van der Waals surface area contributed by atoms with Crippen LogP contribution in [0.15, 0.2) is 41.8 Å². The summed E-state index contributed by atoms with van der Waals surface area (Å²) < 4.78 is 6.29. The number of aliphatic carboxylic acids is 1. The maximum absolute atomic E-state index is 12.6. The first-order chi connectivity index (χ1) is 13.5. The number of nitrogens with one attached hydrogen (secondary N) is 1. The van der Waals surface area contributed by atoms with Crippen LogP contribution in [0.5, 0.6) is 5.75 Å². The van der Waals surface area contributed by atoms with Gasteiger partial charge in [0.15, 0.2) is 0 Å². The molecule has 2 aromatic heterocycles. The largest absolute Gasteiger partial charge is 0.497 e. The average Bonchev–Trinajstić information content (AvgIpc) is 3.07. The maximum atomic E-state index is 12.6. The lowest BCUT2D eigenvalue weighted by molar-refractivity contribution is -0.138. The SMILES string of the molecule is C=C/C=c1/c(=O)n(CC(=O)O)nc(Cc2c[nH]c3ccc(OC)cc23)/c1=C/C. The summed E-state index contributed by atoms with van der Waals surface area (Å²) in [6.45, 7) is 4.97. The number of aromatic amines is 1. The molecule has 2 N–H and O–H groups in total. The third-order valence-electron chi connectivity index (χ3n) is 4.50. The molecular weight excluding hydrogens is 358 g/mol. The van der Waals surface area contributed by atoms with Crippen molar-refractivity contribution >= 4 is 29.0 Å². The Hall–Kier alpha value is -3.61. The van der Waals surface area contributed by atoms with Gasteiger partial charge in [-0.25, -0.2) is 4.68 Å². The third-order valence-corrected chi connectivity index (χ3v) is 4.50. The Morgan fingerprint density at radius 3 is 2.82 bits per heavy atom. The van der Waals surface area contributed by atoms with E-state index in [2.05, 4.69) is 16.7 Å². The number of hydrogen-bond donors (Lipinski definition) is 2. The molecule has 7 heteroatoms. The summed E-state index contributed by atoms with van der Waals surface area (Å²) in [6.07, 6.45) is 7.20. The highest BCUT2D eigenvalue weighted by Crippen LogP contribution is 2.24. The van der Waals surface area contributed by atoms with E-state index in [0.29, 0.717) is 22.6 Å². The Morgan fingerprint density at radius 1 is 1.39 bits per heavy atom. The summed E-state index contributed by atoms with van der Waals surface area (Å²) >= 11 is 0. The Labute approximate surface area is 160 Å². The number of H-pyrrole nitrogens is 1. The van der Waals surface area contributed by atoms with Gasteiger partial charge in [0.25, 0.3) is 5.56 Å². The quantitative estimate of drug-likeness (QED) is 0.670. The number of allylic oxidation sites excluding steroid dienone is 1. The standard InChI is InChI=1S/C21H21N3O4/c1-4-6-16-15(5-2)19(23-24(21(16)27)12-20(25)26)9-13-11-22-18-8-7-14(28-3)10-17(13)18/h4-8,10-11,22H,1,9,12H2,2-3H3,(H,25,26)/b15-5+,16-6+. The number of carboxylic acid groups (broad SMARTS) is 1. The van der Waals surface area contributed by atoms with Gasteiger partial charge in [0.2, 0.25) is 0 Å². The van der Waals surface area contributed by atoms with E-state index >= 15 is 0 Å². The molecule has 0 radical (unpaired) electrons. The monoisotopic (exact) mass is 379 g/mol. The van der Waals surface area contributed by atoms with Crippen LogP contribution in [0.25, 0.3) is 23.1 Å². The smallest absolute Gasteiger partial charge is 0.325 e. The summed E-state index contributed by atoms with van der Waals surface area (Å²) in [5, 5.41) is 15.5. The van der Waals surface area contributed by atoms with E-state index in [4.69, 9.17) is 9.84 Å². The van der Waals surface area contributed by atoms with Crippen LogP contribution >= 0.6 is 0 Å². The Balaban J connectivity index is 2.23. The fourth-order valence-corrected chi connectivity index (χ4v) is 3.23. The van der Waals surface area contributed by atoms with Gasteiger partial charge in [0, 0.05) is 28.7 Å². The second-order valence-corrected chi connectivity index (χ2v) is 6.22. The van der Waals surface area contributed by atoms with Crippen molar-refractivity contribution in [1.29, 1.82) is 0 Å². The topological polar surface area (TPSA) is 97.2 Å². The number of hydrogen-bond acceptors (Lipinski definition) is 4. The van der Waals surface area contributed by atoms with E-state index in [1.165, 1.54) is 6.08 Å². The van der Waals surface area contributed by atoms with Crippen LogP contribution in [-0.2, 0) is 17.8 Å². The lowest BCUT2D eigenvalue weighted by Gasteiger charge is -2.08. The molecule has 0 fully saturated rings. The molecule has 144 valence electrons. The fraction of sp³-hybridized carbons (Fsp3) is 0.190. The number of carboxylic acids is 1. The molecule has 0 atom stereocenters. The maximum Gasteiger partial charge on any atom is 0.325 e. The number of fused-ring (bicyclic) bond motifs is 1. The van der Waals surface area contributed by atoms with Gasteiger partial charge in [0.05, 0.1) is 18.0 Å². The van der Waals surface area contributed by atoms with E-state index in [-0.39, 0.29) is 0 Å². The zero-order chi connectivity index (χ0) is 20.3. The van der Waals surface area contributed by atoms with Gasteiger partial charge in [-0.05, 0) is 36.8 Å². The van der Waals surface area contributed by atoms with Crippen molar-refractivity contribution in [3.8, 4) is 5.75 Å². The van der Waals surface area contributed by atoms with E-state index in [9.17, 15) is 9.59 Å². The van der Waals surface area contributed by atoms with Crippen molar-refractivity contribution < 1.29 is 14.6 Å². The van der Waals surface area contributed by atoms with Gasteiger partial charge >= 0.3 is 5.97 Å². The number of nitrogens with zero attached hydrogens (tertiary/aromatic N) is 2. The van der Waals surface area contributed by atoms with Crippen molar-refractivity contribution in [1.82, 2.24) is 14.8 Å². The lowest BCUT2D eigenvalue weighted by Crippen LogP contribution is -2.49. The average molecular weight is 379 g/mol. The molecule has 0 aliphatic rings. The van der Waals surface area contributed by atoms with Crippen LogP contribution in [0.4, 0.5) is 0 Å². The summed E-state index contributed by atoms with van der Waals surface area (Å²) in [5.41, 5.74) is 2.07. The summed E-state index contributed by atoms with van der Waals surface area (Å²) in [6, 6.07) is 5.73. The third kappa shape index (κ3) is 3.59. The highest BCUT2D eigenvalue weighted by Gasteiger charge is 2.13. The molecule has 0 unspecified atom stereocenters. The minimum Gasteiger partial charge on any atom is -0.497 e. The molecule has 0 saturated carbocycles. The van der Waals surface area contributed by atoms with E-state index < -0.39 is 18.1 Å².